The summed E-state index contributed by atoms with van der Waals surface area (Å²) in [6.07, 6.45) is 4.00. The molecule has 0 saturated carbocycles. The van der Waals surface area contributed by atoms with Crippen molar-refractivity contribution >= 4 is 0 Å². The molecule has 41 valence electrons. The Balaban J connectivity index is 2.83. The van der Waals surface area contributed by atoms with E-state index in [-0.39, 0.29) is 0 Å². The fraction of sp³-hybridized carbons (Fsp3) is 0.143. The van der Waals surface area contributed by atoms with Crippen LogP contribution in [-0.2, 0) is 0 Å². The third-order valence-electron chi connectivity index (χ3n) is 1.04. The quantitative estimate of drug-likeness (QED) is 0.471. The Bertz CT molecular complexity index is 146. The van der Waals surface area contributed by atoms with E-state index in [4.69, 9.17) is 0 Å². The second-order valence-corrected chi connectivity index (χ2v) is 1.58. The van der Waals surface area contributed by atoms with Gasteiger partial charge in [0.05, 0.1) is 0 Å². The van der Waals surface area contributed by atoms with Crippen molar-refractivity contribution in [1.29, 1.82) is 0 Å². The van der Waals surface area contributed by atoms with E-state index in [1.807, 2.05) is 48.6 Å². The minimum absolute atomic E-state index is 2.00. The van der Waals surface area contributed by atoms with Crippen LogP contribution in [0.1, 0.15) is 6.92 Å². The minimum atomic E-state index is 2.00. The van der Waals surface area contributed by atoms with Crippen LogP contribution in [0.5, 0.6) is 0 Å². The van der Waals surface area contributed by atoms with Crippen molar-refractivity contribution in [3.63, 3.8) is 0 Å². The lowest BCUT2D eigenvalue weighted by atomic mass is 10.5. The van der Waals surface area contributed by atoms with Crippen molar-refractivity contribution in [2.24, 2.45) is 0 Å². The number of rotatable bonds is 1. The molecule has 0 saturated heterocycles. The summed E-state index contributed by atoms with van der Waals surface area (Å²) >= 11 is 0. The molecule has 0 fully saturated rings. The summed E-state index contributed by atoms with van der Waals surface area (Å²) in [6, 6.07) is 6.00. The maximum Gasteiger partial charge on any atom is 0.216 e. The first-order valence-corrected chi connectivity index (χ1v) is 2.69. The van der Waals surface area contributed by atoms with Crippen LogP contribution >= 0.6 is 0 Å². The maximum atomic E-state index is 2.00. The maximum absolute atomic E-state index is 2.00. The van der Waals surface area contributed by atoms with E-state index in [1.165, 1.54) is 0 Å². The van der Waals surface area contributed by atoms with Gasteiger partial charge in [0.15, 0.2) is 12.4 Å². The first-order chi connectivity index (χ1) is 3.93. The Morgan fingerprint density at radius 3 is 2.12 bits per heavy atom. The van der Waals surface area contributed by atoms with Crippen molar-refractivity contribution in [3.8, 4) is 0 Å². The average molecular weight is 107 g/mol. The van der Waals surface area contributed by atoms with Gasteiger partial charge in [0.25, 0.3) is 0 Å². The van der Waals surface area contributed by atoms with Crippen molar-refractivity contribution in [2.75, 3.05) is 0 Å². The summed E-state index contributed by atoms with van der Waals surface area (Å²) in [5.41, 5.74) is 0. The predicted molar refractivity (Wildman–Crippen MR) is 32.0 cm³/mol. The van der Waals surface area contributed by atoms with Gasteiger partial charge in [-0.25, -0.2) is 0 Å². The molecule has 0 bridgehead atoms. The van der Waals surface area contributed by atoms with Crippen LogP contribution in [0.25, 0.3) is 0 Å². The van der Waals surface area contributed by atoms with Gasteiger partial charge < -0.3 is 0 Å². The molecular formula is C7H9N+. The van der Waals surface area contributed by atoms with Gasteiger partial charge in [-0.1, -0.05) is 6.07 Å². The van der Waals surface area contributed by atoms with Gasteiger partial charge in [-0.15, -0.1) is 0 Å². The molecule has 1 rings (SSSR count). The number of hydrogen-bond donors (Lipinski definition) is 0. The fourth-order valence-electron chi connectivity index (χ4n) is 0.584. The standard InChI is InChI=1S/C7H9N/c1-2-8-6-4-3-5-7-8/h2-7H,1H3/q+1. The molecule has 0 aromatic carbocycles. The van der Waals surface area contributed by atoms with Crippen LogP contribution in [0, 0.1) is 6.54 Å². The number of nitrogens with zero attached hydrogens (tertiary/aromatic N) is 1. The molecule has 1 nitrogen and oxygen atoms in total. The van der Waals surface area contributed by atoms with E-state index in [1.54, 1.807) is 0 Å². The molecule has 1 heterocycles. The Hall–Kier alpha value is -0.850. The van der Waals surface area contributed by atoms with Crippen molar-refractivity contribution in [2.45, 2.75) is 6.92 Å². The molecule has 0 spiro atoms. The molecule has 0 N–H and O–H groups in total. The highest BCUT2D eigenvalue weighted by molar-refractivity contribution is 4.83. The van der Waals surface area contributed by atoms with Crippen LogP contribution < -0.4 is 4.57 Å². The lowest BCUT2D eigenvalue weighted by molar-refractivity contribution is -0.632. The molecule has 1 heteroatoms. The van der Waals surface area contributed by atoms with Gasteiger partial charge in [0.2, 0.25) is 6.54 Å². The number of hydrogen-bond acceptors (Lipinski definition) is 0. The zero-order valence-electron chi connectivity index (χ0n) is 4.91. The monoisotopic (exact) mass is 107 g/mol. The molecule has 0 aliphatic rings. The third kappa shape index (κ3) is 1.06. The molecule has 0 atom stereocenters. The van der Waals surface area contributed by atoms with E-state index in [9.17, 15) is 0 Å². The third-order valence-corrected chi connectivity index (χ3v) is 1.04. The minimum Gasteiger partial charge on any atom is -0.196 e. The molecule has 8 heavy (non-hydrogen) atoms. The van der Waals surface area contributed by atoms with Crippen molar-refractivity contribution < 1.29 is 4.57 Å². The second-order valence-electron chi connectivity index (χ2n) is 1.58. The van der Waals surface area contributed by atoms with Crippen LogP contribution in [0.15, 0.2) is 30.6 Å². The number of pyridine rings is 1. The zero-order valence-corrected chi connectivity index (χ0v) is 4.91. The van der Waals surface area contributed by atoms with Gasteiger partial charge in [0, 0.05) is 19.1 Å². The summed E-state index contributed by atoms with van der Waals surface area (Å²) in [7, 11) is 0. The lowest BCUT2D eigenvalue weighted by Crippen LogP contribution is -2.27. The fourth-order valence-corrected chi connectivity index (χ4v) is 0.584. The molecular weight excluding hydrogens is 98.1 g/mol. The molecule has 1 aromatic rings. The van der Waals surface area contributed by atoms with Crippen LogP contribution in [-0.4, -0.2) is 0 Å². The van der Waals surface area contributed by atoms with E-state index in [0.717, 1.165) is 0 Å². The van der Waals surface area contributed by atoms with Gasteiger partial charge in [-0.3, -0.25) is 0 Å². The first-order valence-electron chi connectivity index (χ1n) is 2.69. The molecule has 0 unspecified atom stereocenters. The van der Waals surface area contributed by atoms with Crippen molar-refractivity contribution in [3.05, 3.63) is 37.1 Å². The van der Waals surface area contributed by atoms with E-state index >= 15 is 0 Å². The van der Waals surface area contributed by atoms with Crippen LogP contribution in [0.2, 0.25) is 0 Å². The molecule has 1 aromatic heterocycles. The summed E-state index contributed by atoms with van der Waals surface area (Å²) in [6.45, 7) is 4.00. The van der Waals surface area contributed by atoms with Gasteiger partial charge >= 0.3 is 0 Å². The summed E-state index contributed by atoms with van der Waals surface area (Å²) in [5, 5.41) is 0. The largest absolute Gasteiger partial charge is 0.216 e. The van der Waals surface area contributed by atoms with E-state index in [0.29, 0.717) is 0 Å². The Morgan fingerprint density at radius 1 is 1.12 bits per heavy atom. The SMILES string of the molecule is C[CH][n+]1ccccc1. The summed E-state index contributed by atoms with van der Waals surface area (Å²) in [5.74, 6) is 0. The Kier molecular flexibility index (Phi) is 1.62. The highest BCUT2D eigenvalue weighted by atomic mass is 14.9. The Morgan fingerprint density at radius 2 is 1.75 bits per heavy atom. The van der Waals surface area contributed by atoms with Gasteiger partial charge in [-0.2, -0.15) is 4.57 Å². The molecule has 0 aliphatic carbocycles. The molecule has 0 aliphatic heterocycles. The smallest absolute Gasteiger partial charge is 0.196 e. The highest BCUT2D eigenvalue weighted by Gasteiger charge is 1.88. The summed E-state index contributed by atoms with van der Waals surface area (Å²) < 4.78 is 2.00. The molecule has 0 amide bonds. The zero-order chi connectivity index (χ0) is 5.82. The number of aromatic nitrogens is 1. The highest BCUT2D eigenvalue weighted by Crippen LogP contribution is 1.75. The topological polar surface area (TPSA) is 3.88 Å². The second kappa shape index (κ2) is 2.46. The Labute approximate surface area is 49.6 Å². The first kappa shape index (κ1) is 5.29. The average Bonchev–Trinajstić information content (AvgIpc) is 1.90. The van der Waals surface area contributed by atoms with E-state index in [2.05, 4.69) is 0 Å². The summed E-state index contributed by atoms with van der Waals surface area (Å²) in [4.78, 5) is 0. The van der Waals surface area contributed by atoms with Crippen LogP contribution in [0.4, 0.5) is 0 Å². The van der Waals surface area contributed by atoms with Gasteiger partial charge in [0.1, 0.15) is 0 Å². The van der Waals surface area contributed by atoms with Gasteiger partial charge in [-0.05, 0) is 0 Å². The lowest BCUT2D eigenvalue weighted by Gasteiger charge is -1.83. The van der Waals surface area contributed by atoms with E-state index < -0.39 is 0 Å². The molecule has 1 radical (unpaired) electrons. The van der Waals surface area contributed by atoms with Crippen LogP contribution in [0.3, 0.4) is 0 Å². The predicted octanol–water partition coefficient (Wildman–Crippen LogP) is 1.00. The van der Waals surface area contributed by atoms with Crippen molar-refractivity contribution in [1.82, 2.24) is 0 Å². The normalized spacial score (nSPS) is 9.12.